The quantitative estimate of drug-likeness (QED) is 0.0222. The Morgan fingerprint density at radius 1 is 0.241 bits per heavy atom. The van der Waals surface area contributed by atoms with Gasteiger partial charge in [0.05, 0.1) is 26.4 Å². The highest BCUT2D eigenvalue weighted by atomic mass is 31.2. The monoisotopic (exact) mass is 1630 g/mol. The van der Waals surface area contributed by atoms with Gasteiger partial charge in [-0.2, -0.15) is 0 Å². The molecule has 0 aliphatic heterocycles. The minimum Gasteiger partial charge on any atom is -0.462 e. The standard InChI is InChI=1S/C93H182O17P2/c1-7-9-11-13-15-17-19-21-22-23-24-25-26-27-28-35-41-47-53-59-65-71-77-92(97)110-89(82-104-91(96)76-70-64-58-52-46-40-34-30-29-32-38-43-49-55-61-67-73-85(3)4)84-108-112(101,102)106-80-87(94)79-105-111(99,100)107-83-88(81-103-90(95)75-69-63-57-51-45-37-20-18-16-14-12-10-8-2)109-93(98)78-72-66-60-54-48-42-36-31-33-39-44-50-56-62-68-74-86(5)6/h85-89,94H,7-84H2,1-6H3,(H,99,100)(H,101,102)/t87-,88+,89+/m0/s1. The summed E-state index contributed by atoms with van der Waals surface area (Å²) >= 11 is 0. The molecule has 0 bridgehead atoms. The van der Waals surface area contributed by atoms with Gasteiger partial charge in [-0.05, 0) is 37.5 Å². The lowest BCUT2D eigenvalue weighted by Gasteiger charge is -2.21. The molecule has 3 N–H and O–H groups in total. The minimum absolute atomic E-state index is 0.109. The third-order valence-corrected chi connectivity index (χ3v) is 23.9. The first kappa shape index (κ1) is 110. The van der Waals surface area contributed by atoms with Gasteiger partial charge in [0.15, 0.2) is 12.2 Å². The highest BCUT2D eigenvalue weighted by molar-refractivity contribution is 7.47. The van der Waals surface area contributed by atoms with E-state index >= 15 is 0 Å². The van der Waals surface area contributed by atoms with Gasteiger partial charge in [-0.1, -0.05) is 452 Å². The Morgan fingerprint density at radius 3 is 0.607 bits per heavy atom. The van der Waals surface area contributed by atoms with Gasteiger partial charge < -0.3 is 33.8 Å². The van der Waals surface area contributed by atoms with E-state index in [1.54, 1.807) is 0 Å². The molecular weight excluding hydrogens is 1450 g/mol. The van der Waals surface area contributed by atoms with Crippen LogP contribution in [0.4, 0.5) is 0 Å². The van der Waals surface area contributed by atoms with E-state index in [0.29, 0.717) is 25.7 Å². The highest BCUT2D eigenvalue weighted by Crippen LogP contribution is 2.45. The summed E-state index contributed by atoms with van der Waals surface area (Å²) < 4.78 is 69.2. The first-order valence-corrected chi connectivity index (χ1v) is 51.0. The maximum absolute atomic E-state index is 13.2. The molecule has 666 valence electrons. The Labute approximate surface area is 689 Å². The average molecular weight is 1630 g/mol. The first-order chi connectivity index (χ1) is 54.4. The van der Waals surface area contributed by atoms with Gasteiger partial charge in [-0.25, -0.2) is 9.13 Å². The number of carbonyl (C=O) groups excluding carboxylic acids is 4. The van der Waals surface area contributed by atoms with E-state index in [0.717, 1.165) is 102 Å². The van der Waals surface area contributed by atoms with Gasteiger partial charge in [0.1, 0.15) is 19.3 Å². The van der Waals surface area contributed by atoms with Gasteiger partial charge in [0, 0.05) is 25.7 Å². The summed E-state index contributed by atoms with van der Waals surface area (Å²) in [6, 6.07) is 0. The number of rotatable bonds is 92. The SMILES string of the molecule is CCCCCCCCCCCCCCCCCCCCCCCCC(=O)O[C@H](COC(=O)CCCCCCCCCCCCCCCCCCC(C)C)COP(=O)(O)OC[C@@H](O)COP(=O)(O)OC[C@@H](COC(=O)CCCCCCCCCCCCCCC)OC(=O)CCCCCCCCCCCCCCCCCC(C)C. The van der Waals surface area contributed by atoms with E-state index in [2.05, 4.69) is 41.5 Å². The van der Waals surface area contributed by atoms with Gasteiger partial charge in [-0.3, -0.25) is 37.3 Å². The number of aliphatic hydroxyl groups is 1. The number of aliphatic hydroxyl groups excluding tert-OH is 1. The average Bonchev–Trinajstić information content (AvgIpc) is 0.899. The van der Waals surface area contributed by atoms with Crippen molar-refractivity contribution in [1.82, 2.24) is 0 Å². The van der Waals surface area contributed by atoms with Crippen LogP contribution in [0, 0.1) is 11.8 Å². The number of phosphoric ester groups is 2. The van der Waals surface area contributed by atoms with Crippen LogP contribution >= 0.6 is 15.6 Å². The summed E-state index contributed by atoms with van der Waals surface area (Å²) in [7, 11) is -9.94. The van der Waals surface area contributed by atoms with E-state index in [4.69, 9.17) is 37.0 Å². The van der Waals surface area contributed by atoms with Crippen LogP contribution in [-0.4, -0.2) is 96.7 Å². The van der Waals surface area contributed by atoms with Crippen molar-refractivity contribution in [3.05, 3.63) is 0 Å². The molecule has 0 aromatic rings. The van der Waals surface area contributed by atoms with Crippen molar-refractivity contribution in [2.24, 2.45) is 11.8 Å². The molecule has 0 aromatic heterocycles. The lowest BCUT2D eigenvalue weighted by molar-refractivity contribution is -0.161. The molecule has 0 aliphatic rings. The molecule has 17 nitrogen and oxygen atoms in total. The van der Waals surface area contributed by atoms with Crippen molar-refractivity contribution in [3.63, 3.8) is 0 Å². The number of esters is 4. The zero-order valence-electron chi connectivity index (χ0n) is 74.0. The summed E-state index contributed by atoms with van der Waals surface area (Å²) in [4.78, 5) is 73.5. The number of carbonyl (C=O) groups is 4. The van der Waals surface area contributed by atoms with Crippen molar-refractivity contribution in [2.45, 2.75) is 522 Å². The third kappa shape index (κ3) is 85.9. The van der Waals surface area contributed by atoms with E-state index in [1.165, 1.54) is 321 Å². The van der Waals surface area contributed by atoms with Crippen molar-refractivity contribution in [1.29, 1.82) is 0 Å². The molecule has 0 amide bonds. The minimum atomic E-state index is -4.97. The van der Waals surface area contributed by atoms with Gasteiger partial charge in [-0.15, -0.1) is 0 Å². The second kappa shape index (κ2) is 84.1. The van der Waals surface area contributed by atoms with Gasteiger partial charge >= 0.3 is 39.5 Å². The number of unbranched alkanes of at least 4 members (excludes halogenated alkanes) is 62. The summed E-state index contributed by atoms with van der Waals surface area (Å²) in [6.07, 6.45) is 79.2. The molecule has 0 saturated heterocycles. The number of phosphoric acid groups is 2. The highest BCUT2D eigenvalue weighted by Gasteiger charge is 2.31. The van der Waals surface area contributed by atoms with Crippen LogP contribution in [0.3, 0.4) is 0 Å². The van der Waals surface area contributed by atoms with Crippen LogP contribution in [0.25, 0.3) is 0 Å². The number of hydrogen-bond acceptors (Lipinski definition) is 15. The largest absolute Gasteiger partial charge is 0.472 e. The summed E-state index contributed by atoms with van der Waals surface area (Å²) in [5.74, 6) is -0.477. The van der Waals surface area contributed by atoms with E-state index in [-0.39, 0.29) is 25.7 Å². The lowest BCUT2D eigenvalue weighted by atomic mass is 10.0. The van der Waals surface area contributed by atoms with Gasteiger partial charge in [0.2, 0.25) is 0 Å². The molecule has 0 spiro atoms. The molecule has 2 unspecified atom stereocenters. The molecule has 0 fully saturated rings. The van der Waals surface area contributed by atoms with Gasteiger partial charge in [0.25, 0.3) is 0 Å². The van der Waals surface area contributed by atoms with Crippen LogP contribution in [0.2, 0.25) is 0 Å². The fraction of sp³-hybridized carbons (Fsp3) is 0.957. The Morgan fingerprint density at radius 2 is 0.411 bits per heavy atom. The zero-order chi connectivity index (χ0) is 82.0. The van der Waals surface area contributed by atoms with Crippen LogP contribution in [-0.2, 0) is 65.4 Å². The summed E-state index contributed by atoms with van der Waals surface area (Å²) in [5, 5.41) is 10.7. The predicted molar refractivity (Wildman–Crippen MR) is 465 cm³/mol. The first-order valence-electron chi connectivity index (χ1n) is 48.0. The Kier molecular flexibility index (Phi) is 82.6. The Bertz CT molecular complexity index is 2130. The van der Waals surface area contributed by atoms with Crippen molar-refractivity contribution >= 4 is 39.5 Å². The fourth-order valence-electron chi connectivity index (χ4n) is 14.7. The molecule has 0 radical (unpaired) electrons. The normalized spacial score (nSPS) is 13.7. The molecule has 0 aliphatic carbocycles. The fourth-order valence-corrected chi connectivity index (χ4v) is 16.2. The molecular formula is C93H182O17P2. The van der Waals surface area contributed by atoms with Crippen molar-refractivity contribution in [2.75, 3.05) is 39.6 Å². The summed E-state index contributed by atoms with van der Waals surface area (Å²) in [5.41, 5.74) is 0. The lowest BCUT2D eigenvalue weighted by Crippen LogP contribution is -2.30. The van der Waals surface area contributed by atoms with Crippen molar-refractivity contribution in [3.8, 4) is 0 Å². The van der Waals surface area contributed by atoms with E-state index < -0.39 is 97.5 Å². The van der Waals surface area contributed by atoms with Crippen LogP contribution < -0.4 is 0 Å². The second-order valence-electron chi connectivity index (χ2n) is 34.4. The Hall–Kier alpha value is -1.94. The smallest absolute Gasteiger partial charge is 0.462 e. The topological polar surface area (TPSA) is 237 Å². The maximum atomic E-state index is 13.2. The molecule has 0 rings (SSSR count). The predicted octanol–water partition coefficient (Wildman–Crippen LogP) is 29.0. The second-order valence-corrected chi connectivity index (χ2v) is 37.3. The van der Waals surface area contributed by atoms with Crippen molar-refractivity contribution < 1.29 is 80.2 Å². The summed E-state index contributed by atoms with van der Waals surface area (Å²) in [6.45, 7) is 9.78. The van der Waals surface area contributed by atoms with Crippen LogP contribution in [0.5, 0.6) is 0 Å². The number of ether oxygens (including phenoxy) is 4. The molecule has 0 aromatic carbocycles. The maximum Gasteiger partial charge on any atom is 0.472 e. The zero-order valence-corrected chi connectivity index (χ0v) is 75.8. The molecule has 0 saturated carbocycles. The third-order valence-electron chi connectivity index (χ3n) is 22.0. The molecule has 5 atom stereocenters. The van der Waals surface area contributed by atoms with Crippen LogP contribution in [0.15, 0.2) is 0 Å². The number of hydrogen-bond donors (Lipinski definition) is 3. The molecule has 0 heterocycles. The molecule has 112 heavy (non-hydrogen) atoms. The van der Waals surface area contributed by atoms with Crippen LogP contribution in [0.1, 0.15) is 504 Å². The molecule has 19 heteroatoms. The Balaban J connectivity index is 5.25. The van der Waals surface area contributed by atoms with E-state index in [1.807, 2.05) is 0 Å². The van der Waals surface area contributed by atoms with E-state index in [9.17, 15) is 43.2 Å².